The van der Waals surface area contributed by atoms with Crippen LogP contribution in [0.2, 0.25) is 0 Å². The van der Waals surface area contributed by atoms with Crippen LogP contribution in [-0.4, -0.2) is 47.1 Å². The molecule has 18 heavy (non-hydrogen) atoms. The van der Waals surface area contributed by atoms with Gasteiger partial charge in [0.25, 0.3) is 10.0 Å². The van der Waals surface area contributed by atoms with Crippen LogP contribution in [0.4, 0.5) is 0 Å². The maximum atomic E-state index is 12.3. The Kier molecular flexibility index (Phi) is 4.85. The van der Waals surface area contributed by atoms with E-state index in [4.69, 9.17) is 5.11 Å². The lowest BCUT2D eigenvalue weighted by Crippen LogP contribution is -2.33. The van der Waals surface area contributed by atoms with E-state index in [1.165, 1.54) is 4.31 Å². The predicted octanol–water partition coefficient (Wildman–Crippen LogP) is 0.919. The quantitative estimate of drug-likeness (QED) is 0.770. The molecule has 0 aliphatic heterocycles. The molecule has 0 amide bonds. The summed E-state index contributed by atoms with van der Waals surface area (Å²) in [6.07, 6.45) is 2.33. The molecule has 0 radical (unpaired) electrons. The molecule has 0 bridgehead atoms. The number of hydrogen-bond donors (Lipinski definition) is 2. The number of carboxylic acids is 1. The minimum Gasteiger partial charge on any atom is -0.478 e. The first kappa shape index (κ1) is 14.7. The van der Waals surface area contributed by atoms with Crippen molar-refractivity contribution in [1.82, 2.24) is 14.5 Å². The van der Waals surface area contributed by atoms with E-state index < -0.39 is 16.0 Å². The molecule has 1 heterocycles. The molecule has 1 aromatic rings. The topological polar surface area (TPSA) is 103 Å². The first-order valence-corrected chi connectivity index (χ1v) is 7.15. The molecule has 0 fully saturated rings. The molecule has 0 unspecified atom stereocenters. The van der Waals surface area contributed by atoms with Crippen molar-refractivity contribution in [2.75, 3.05) is 13.1 Å². The van der Waals surface area contributed by atoms with E-state index in [-0.39, 0.29) is 10.6 Å². The molecular weight excluding hydrogens is 258 g/mol. The standard InChI is InChI=1S/C10H17N3O4S/c1-3-5-13(6-4-2)18(16,17)9-8(10(14)15)7-11-12-9/h7H,3-6H2,1-2H3,(H,11,12)(H,14,15). The van der Waals surface area contributed by atoms with Gasteiger partial charge < -0.3 is 5.11 Å². The van der Waals surface area contributed by atoms with Crippen molar-refractivity contribution in [1.29, 1.82) is 0 Å². The minimum atomic E-state index is -3.82. The SMILES string of the molecule is CCCN(CCC)S(=O)(=O)c1[nH]ncc1C(=O)O. The van der Waals surface area contributed by atoms with Crippen molar-refractivity contribution >= 4 is 16.0 Å². The van der Waals surface area contributed by atoms with Gasteiger partial charge in [0.1, 0.15) is 5.56 Å². The number of H-pyrrole nitrogens is 1. The molecule has 0 saturated heterocycles. The summed E-state index contributed by atoms with van der Waals surface area (Å²) in [5.74, 6) is -1.31. The van der Waals surface area contributed by atoms with Gasteiger partial charge in [-0.2, -0.15) is 9.40 Å². The highest BCUT2D eigenvalue weighted by atomic mass is 32.2. The second-order valence-electron chi connectivity index (χ2n) is 3.82. The Bertz CT molecular complexity index is 503. The molecule has 1 aromatic heterocycles. The lowest BCUT2D eigenvalue weighted by molar-refractivity contribution is 0.0692. The molecule has 8 heteroatoms. The number of aromatic amines is 1. The molecule has 0 aliphatic rings. The fourth-order valence-corrected chi connectivity index (χ4v) is 3.29. The monoisotopic (exact) mass is 275 g/mol. The molecule has 1 rings (SSSR count). The highest BCUT2D eigenvalue weighted by Gasteiger charge is 2.30. The first-order valence-electron chi connectivity index (χ1n) is 5.71. The summed E-state index contributed by atoms with van der Waals surface area (Å²) in [7, 11) is -3.82. The highest BCUT2D eigenvalue weighted by Crippen LogP contribution is 2.18. The fourth-order valence-electron chi connectivity index (χ4n) is 1.60. The zero-order chi connectivity index (χ0) is 13.8. The third-order valence-corrected chi connectivity index (χ3v) is 4.25. The summed E-state index contributed by atoms with van der Waals surface area (Å²) in [6, 6.07) is 0. The Labute approximate surface area is 106 Å². The second kappa shape index (κ2) is 5.96. The van der Waals surface area contributed by atoms with Crippen LogP contribution in [0, 0.1) is 0 Å². The number of aromatic carboxylic acids is 1. The summed E-state index contributed by atoms with van der Waals surface area (Å²) >= 11 is 0. The minimum absolute atomic E-state index is 0.327. The van der Waals surface area contributed by atoms with Crippen molar-refractivity contribution in [3.05, 3.63) is 11.8 Å². The molecule has 2 N–H and O–H groups in total. The molecule has 0 aromatic carbocycles. The van der Waals surface area contributed by atoms with Crippen molar-refractivity contribution in [3.8, 4) is 0 Å². The third kappa shape index (κ3) is 2.88. The van der Waals surface area contributed by atoms with E-state index in [1.54, 1.807) is 0 Å². The Morgan fingerprint density at radius 3 is 2.39 bits per heavy atom. The van der Waals surface area contributed by atoms with Gasteiger partial charge in [-0.05, 0) is 12.8 Å². The summed E-state index contributed by atoms with van der Waals surface area (Å²) in [5.41, 5.74) is -0.327. The van der Waals surface area contributed by atoms with Crippen molar-refractivity contribution in [2.45, 2.75) is 31.7 Å². The van der Waals surface area contributed by atoms with Gasteiger partial charge in [-0.15, -0.1) is 0 Å². The first-order chi connectivity index (χ1) is 8.45. The van der Waals surface area contributed by atoms with Gasteiger partial charge in [0.15, 0.2) is 5.03 Å². The average molecular weight is 275 g/mol. The Balaban J connectivity index is 3.18. The maximum Gasteiger partial charge on any atom is 0.340 e. The van der Waals surface area contributed by atoms with Crippen LogP contribution in [0.25, 0.3) is 0 Å². The highest BCUT2D eigenvalue weighted by molar-refractivity contribution is 7.89. The fraction of sp³-hybridized carbons (Fsp3) is 0.600. The van der Waals surface area contributed by atoms with Gasteiger partial charge in [-0.25, -0.2) is 13.2 Å². The van der Waals surface area contributed by atoms with Gasteiger partial charge in [-0.1, -0.05) is 13.8 Å². The number of carbonyl (C=O) groups is 1. The molecule has 0 spiro atoms. The smallest absolute Gasteiger partial charge is 0.340 e. The average Bonchev–Trinajstić information content (AvgIpc) is 2.78. The van der Waals surface area contributed by atoms with E-state index in [0.29, 0.717) is 25.9 Å². The second-order valence-corrected chi connectivity index (χ2v) is 5.70. The van der Waals surface area contributed by atoms with E-state index in [2.05, 4.69) is 10.2 Å². The molecule has 7 nitrogen and oxygen atoms in total. The molecule has 0 atom stereocenters. The van der Waals surface area contributed by atoms with Crippen LogP contribution in [-0.2, 0) is 10.0 Å². The van der Waals surface area contributed by atoms with Crippen LogP contribution in [0.5, 0.6) is 0 Å². The van der Waals surface area contributed by atoms with E-state index in [9.17, 15) is 13.2 Å². The number of carboxylic acid groups (broad SMARTS) is 1. The Morgan fingerprint density at radius 1 is 1.39 bits per heavy atom. The number of rotatable bonds is 7. The lowest BCUT2D eigenvalue weighted by Gasteiger charge is -2.20. The van der Waals surface area contributed by atoms with E-state index >= 15 is 0 Å². The third-order valence-electron chi connectivity index (χ3n) is 2.38. The summed E-state index contributed by atoms with van der Waals surface area (Å²) in [5, 5.41) is 14.3. The van der Waals surface area contributed by atoms with Crippen LogP contribution in [0.15, 0.2) is 11.2 Å². The summed E-state index contributed by atoms with van der Waals surface area (Å²) < 4.78 is 25.9. The van der Waals surface area contributed by atoms with Crippen molar-refractivity contribution in [2.24, 2.45) is 0 Å². The molecular formula is C10H17N3O4S. The Hall–Kier alpha value is -1.41. The number of nitrogens with one attached hydrogen (secondary N) is 1. The number of nitrogens with zero attached hydrogens (tertiary/aromatic N) is 2. The van der Waals surface area contributed by atoms with Gasteiger partial charge >= 0.3 is 5.97 Å². The van der Waals surface area contributed by atoms with Gasteiger partial charge in [-0.3, -0.25) is 5.10 Å². The van der Waals surface area contributed by atoms with Crippen LogP contribution >= 0.6 is 0 Å². The number of hydrogen-bond acceptors (Lipinski definition) is 4. The Morgan fingerprint density at radius 2 is 1.94 bits per heavy atom. The zero-order valence-electron chi connectivity index (χ0n) is 10.4. The van der Waals surface area contributed by atoms with Crippen molar-refractivity contribution in [3.63, 3.8) is 0 Å². The maximum absolute atomic E-state index is 12.3. The molecule has 0 aliphatic carbocycles. The van der Waals surface area contributed by atoms with Crippen LogP contribution in [0.1, 0.15) is 37.0 Å². The largest absolute Gasteiger partial charge is 0.478 e. The van der Waals surface area contributed by atoms with Gasteiger partial charge in [0.05, 0.1) is 6.20 Å². The van der Waals surface area contributed by atoms with E-state index in [1.807, 2.05) is 13.8 Å². The summed E-state index contributed by atoms with van der Waals surface area (Å²) in [4.78, 5) is 10.9. The molecule has 102 valence electrons. The summed E-state index contributed by atoms with van der Waals surface area (Å²) in [6.45, 7) is 4.44. The molecule has 0 saturated carbocycles. The van der Waals surface area contributed by atoms with Crippen LogP contribution < -0.4 is 0 Å². The van der Waals surface area contributed by atoms with Gasteiger partial charge in [0.2, 0.25) is 0 Å². The predicted molar refractivity (Wildman–Crippen MR) is 64.9 cm³/mol. The number of sulfonamides is 1. The van der Waals surface area contributed by atoms with Gasteiger partial charge in [0, 0.05) is 13.1 Å². The van der Waals surface area contributed by atoms with Crippen molar-refractivity contribution < 1.29 is 18.3 Å². The zero-order valence-corrected chi connectivity index (χ0v) is 11.2. The number of aromatic nitrogens is 2. The lowest BCUT2D eigenvalue weighted by atomic mass is 10.4. The normalized spacial score (nSPS) is 11.9. The van der Waals surface area contributed by atoms with E-state index in [0.717, 1.165) is 6.20 Å². The van der Waals surface area contributed by atoms with Crippen LogP contribution in [0.3, 0.4) is 0 Å².